The summed E-state index contributed by atoms with van der Waals surface area (Å²) in [7, 11) is 2.07. The van der Waals surface area contributed by atoms with Crippen molar-refractivity contribution in [2.75, 3.05) is 25.4 Å². The largest absolute Gasteiger partial charge is 0.416 e. The summed E-state index contributed by atoms with van der Waals surface area (Å²) in [5, 5.41) is 9.75. The van der Waals surface area contributed by atoms with Crippen molar-refractivity contribution in [2.24, 2.45) is 18.9 Å². The first-order valence-electron chi connectivity index (χ1n) is 11.3. The minimum absolute atomic E-state index is 0.529. The van der Waals surface area contributed by atoms with Gasteiger partial charge >= 0.3 is 6.18 Å². The SMILES string of the molecule is Cn1c(CCCCN2CCC(Cc3ccc(C(F)(F)F)cc3)C2)nnc1SCC1CC1. The normalized spacial score (nSPS) is 19.9. The second-order valence-electron chi connectivity index (χ2n) is 9.02. The van der Waals surface area contributed by atoms with Gasteiger partial charge in [0.15, 0.2) is 5.16 Å². The quantitative estimate of drug-likeness (QED) is 0.365. The number of benzene rings is 1. The molecule has 0 bridgehead atoms. The Bertz CT molecular complexity index is 845. The van der Waals surface area contributed by atoms with Crippen molar-refractivity contribution >= 4 is 11.8 Å². The van der Waals surface area contributed by atoms with E-state index < -0.39 is 11.7 Å². The van der Waals surface area contributed by atoms with Crippen LogP contribution in [0.5, 0.6) is 0 Å². The number of hydrogen-bond donors (Lipinski definition) is 0. The fraction of sp³-hybridized carbons (Fsp3) is 0.652. The molecule has 1 aromatic heterocycles. The molecule has 31 heavy (non-hydrogen) atoms. The van der Waals surface area contributed by atoms with E-state index in [0.717, 1.165) is 80.0 Å². The molecular formula is C23H31F3N4S. The molecule has 1 aromatic carbocycles. The van der Waals surface area contributed by atoms with E-state index in [-0.39, 0.29) is 0 Å². The molecule has 1 aliphatic heterocycles. The lowest BCUT2D eigenvalue weighted by Crippen LogP contribution is -2.22. The van der Waals surface area contributed by atoms with E-state index in [1.807, 2.05) is 11.8 Å². The highest BCUT2D eigenvalue weighted by Crippen LogP contribution is 2.34. The zero-order chi connectivity index (χ0) is 21.8. The fourth-order valence-corrected chi connectivity index (χ4v) is 5.35. The summed E-state index contributed by atoms with van der Waals surface area (Å²) in [5.74, 6) is 3.64. The maximum atomic E-state index is 12.7. The zero-order valence-electron chi connectivity index (χ0n) is 18.1. The molecule has 4 rings (SSSR count). The molecule has 1 saturated carbocycles. The van der Waals surface area contributed by atoms with Crippen LogP contribution in [0.15, 0.2) is 29.4 Å². The number of hydrogen-bond acceptors (Lipinski definition) is 4. The summed E-state index contributed by atoms with van der Waals surface area (Å²) in [6.07, 6.45) is 3.62. The Kier molecular flexibility index (Phi) is 7.26. The molecule has 2 aromatic rings. The lowest BCUT2D eigenvalue weighted by Gasteiger charge is -2.16. The Labute approximate surface area is 186 Å². The highest BCUT2D eigenvalue weighted by Gasteiger charge is 2.30. The van der Waals surface area contributed by atoms with Crippen LogP contribution in [0.4, 0.5) is 13.2 Å². The van der Waals surface area contributed by atoms with Crippen LogP contribution in [-0.4, -0.2) is 45.1 Å². The molecule has 1 aliphatic carbocycles. The monoisotopic (exact) mass is 452 g/mol. The predicted octanol–water partition coefficient (Wildman–Crippen LogP) is 5.22. The molecule has 170 valence electrons. The van der Waals surface area contributed by atoms with Crippen molar-refractivity contribution in [2.45, 2.75) is 56.3 Å². The molecule has 0 amide bonds. The molecule has 2 fully saturated rings. The summed E-state index contributed by atoms with van der Waals surface area (Å²) in [6.45, 7) is 3.19. The second kappa shape index (κ2) is 9.94. The van der Waals surface area contributed by atoms with Gasteiger partial charge in [0.1, 0.15) is 5.82 Å². The van der Waals surface area contributed by atoms with Crippen molar-refractivity contribution in [3.8, 4) is 0 Å². The minimum atomic E-state index is -4.26. The third-order valence-corrected chi connectivity index (χ3v) is 7.62. The van der Waals surface area contributed by atoms with Crippen LogP contribution in [0.25, 0.3) is 0 Å². The minimum Gasteiger partial charge on any atom is -0.309 e. The zero-order valence-corrected chi connectivity index (χ0v) is 18.9. The standard InChI is InChI=1S/C23H31F3N4S/c1-29-21(27-28-22(29)31-16-18-5-6-18)4-2-3-12-30-13-11-19(15-30)14-17-7-9-20(10-8-17)23(24,25)26/h7-10,18-19H,2-6,11-16H2,1H3. The van der Waals surface area contributed by atoms with Crippen molar-refractivity contribution in [1.82, 2.24) is 19.7 Å². The Morgan fingerprint density at radius 1 is 1.03 bits per heavy atom. The summed E-state index contributed by atoms with van der Waals surface area (Å²) in [4.78, 5) is 2.49. The maximum absolute atomic E-state index is 12.7. The van der Waals surface area contributed by atoms with E-state index in [9.17, 15) is 13.2 Å². The molecular weight excluding hydrogens is 421 g/mol. The lowest BCUT2D eigenvalue weighted by atomic mass is 9.98. The number of thioether (sulfide) groups is 1. The summed E-state index contributed by atoms with van der Waals surface area (Å²) in [6, 6.07) is 5.65. The molecule has 1 atom stereocenters. The average Bonchev–Trinajstić information content (AvgIpc) is 3.36. The van der Waals surface area contributed by atoms with Crippen molar-refractivity contribution in [3.05, 3.63) is 41.2 Å². The van der Waals surface area contributed by atoms with Gasteiger partial charge in [0.25, 0.3) is 0 Å². The van der Waals surface area contributed by atoms with Gasteiger partial charge in [-0.2, -0.15) is 13.2 Å². The van der Waals surface area contributed by atoms with E-state index >= 15 is 0 Å². The van der Waals surface area contributed by atoms with Crippen LogP contribution in [0, 0.1) is 11.8 Å². The molecule has 0 radical (unpaired) electrons. The Morgan fingerprint density at radius 2 is 1.81 bits per heavy atom. The number of likely N-dealkylation sites (tertiary alicyclic amines) is 1. The number of aryl methyl sites for hydroxylation is 1. The van der Waals surface area contributed by atoms with Gasteiger partial charge in [-0.15, -0.1) is 10.2 Å². The number of alkyl halides is 3. The third kappa shape index (κ3) is 6.48. The van der Waals surface area contributed by atoms with Gasteiger partial charge in [-0.1, -0.05) is 23.9 Å². The van der Waals surface area contributed by atoms with Crippen LogP contribution in [0.2, 0.25) is 0 Å². The van der Waals surface area contributed by atoms with Gasteiger partial charge in [0.2, 0.25) is 0 Å². The Balaban J connectivity index is 1.14. The van der Waals surface area contributed by atoms with E-state index in [0.29, 0.717) is 5.92 Å². The van der Waals surface area contributed by atoms with Crippen LogP contribution in [0.1, 0.15) is 49.1 Å². The number of halogens is 3. The highest BCUT2D eigenvalue weighted by atomic mass is 32.2. The summed E-state index contributed by atoms with van der Waals surface area (Å²) < 4.78 is 40.3. The molecule has 1 unspecified atom stereocenters. The first kappa shape index (κ1) is 22.6. The van der Waals surface area contributed by atoms with Crippen LogP contribution in [-0.2, 0) is 26.1 Å². The Hall–Kier alpha value is -1.54. The van der Waals surface area contributed by atoms with Gasteiger partial charge in [-0.05, 0) is 81.1 Å². The molecule has 4 nitrogen and oxygen atoms in total. The number of unbranched alkanes of at least 4 members (excludes halogenated alkanes) is 1. The lowest BCUT2D eigenvalue weighted by molar-refractivity contribution is -0.137. The van der Waals surface area contributed by atoms with Crippen LogP contribution >= 0.6 is 11.8 Å². The second-order valence-corrected chi connectivity index (χ2v) is 10.0. The number of aromatic nitrogens is 3. The highest BCUT2D eigenvalue weighted by molar-refractivity contribution is 7.99. The van der Waals surface area contributed by atoms with E-state index in [2.05, 4.69) is 26.7 Å². The van der Waals surface area contributed by atoms with Gasteiger partial charge in [0, 0.05) is 25.8 Å². The average molecular weight is 453 g/mol. The number of nitrogens with zero attached hydrogens (tertiary/aromatic N) is 4. The number of rotatable bonds is 10. The first-order valence-corrected chi connectivity index (χ1v) is 12.3. The van der Waals surface area contributed by atoms with Gasteiger partial charge in [-0.25, -0.2) is 0 Å². The maximum Gasteiger partial charge on any atom is 0.416 e. The summed E-state index contributed by atoms with van der Waals surface area (Å²) >= 11 is 1.83. The van der Waals surface area contributed by atoms with E-state index in [1.54, 1.807) is 12.1 Å². The van der Waals surface area contributed by atoms with Crippen LogP contribution in [0.3, 0.4) is 0 Å². The van der Waals surface area contributed by atoms with Crippen LogP contribution < -0.4 is 0 Å². The van der Waals surface area contributed by atoms with Gasteiger partial charge < -0.3 is 9.47 Å². The fourth-order valence-electron chi connectivity index (χ4n) is 4.23. The van der Waals surface area contributed by atoms with Crippen molar-refractivity contribution in [1.29, 1.82) is 0 Å². The molecule has 2 aliphatic rings. The van der Waals surface area contributed by atoms with E-state index in [1.165, 1.54) is 25.0 Å². The van der Waals surface area contributed by atoms with Gasteiger partial charge in [0.05, 0.1) is 5.56 Å². The van der Waals surface area contributed by atoms with Gasteiger partial charge in [-0.3, -0.25) is 0 Å². The smallest absolute Gasteiger partial charge is 0.309 e. The Morgan fingerprint density at radius 3 is 2.52 bits per heavy atom. The summed E-state index contributed by atoms with van der Waals surface area (Å²) in [5.41, 5.74) is 0.429. The molecule has 1 saturated heterocycles. The molecule has 8 heteroatoms. The topological polar surface area (TPSA) is 34.0 Å². The third-order valence-electron chi connectivity index (χ3n) is 6.37. The molecule has 0 spiro atoms. The van der Waals surface area contributed by atoms with Crippen molar-refractivity contribution in [3.63, 3.8) is 0 Å². The van der Waals surface area contributed by atoms with Crippen molar-refractivity contribution < 1.29 is 13.2 Å². The molecule has 0 N–H and O–H groups in total. The predicted molar refractivity (Wildman–Crippen MR) is 117 cm³/mol. The molecule has 2 heterocycles. The van der Waals surface area contributed by atoms with E-state index in [4.69, 9.17) is 0 Å². The first-order chi connectivity index (χ1) is 14.9.